The molecule has 2 aromatic rings. The first-order valence-electron chi connectivity index (χ1n) is 4.98. The Bertz CT molecular complexity index is 482. The van der Waals surface area contributed by atoms with E-state index in [1.54, 1.807) is 0 Å². The summed E-state index contributed by atoms with van der Waals surface area (Å²) in [5.41, 5.74) is 1.20. The Morgan fingerprint density at radius 2 is 2.38 bits per heavy atom. The Balaban J connectivity index is 2.38. The molecule has 0 fully saturated rings. The van der Waals surface area contributed by atoms with Crippen LogP contribution in [0.25, 0.3) is 11.2 Å². The summed E-state index contributed by atoms with van der Waals surface area (Å²) in [6.07, 6.45) is 2.31. The van der Waals surface area contributed by atoms with Crippen LogP contribution < -0.4 is 5.32 Å². The summed E-state index contributed by atoms with van der Waals surface area (Å²) in [6.45, 7) is 2.01. The molecule has 0 spiro atoms. The summed E-state index contributed by atoms with van der Waals surface area (Å²) in [7, 11) is 0. The van der Waals surface area contributed by atoms with Gasteiger partial charge in [-0.25, -0.2) is 4.98 Å². The average Bonchev–Trinajstić information content (AvgIpc) is 2.73. The van der Waals surface area contributed by atoms with Gasteiger partial charge in [0.2, 0.25) is 5.28 Å². The van der Waals surface area contributed by atoms with Crippen molar-refractivity contribution in [3.8, 4) is 0 Å². The summed E-state index contributed by atoms with van der Waals surface area (Å²) in [5, 5.41) is 12.3. The molecule has 7 heteroatoms. The number of nitrogens with one attached hydrogen (secondary N) is 2. The fraction of sp³-hybridized carbons (Fsp3) is 0.444. The van der Waals surface area contributed by atoms with Gasteiger partial charge in [0.05, 0.1) is 19.0 Å². The minimum Gasteiger partial charge on any atom is -0.394 e. The van der Waals surface area contributed by atoms with Gasteiger partial charge in [-0.1, -0.05) is 6.92 Å². The van der Waals surface area contributed by atoms with Crippen molar-refractivity contribution in [2.24, 2.45) is 0 Å². The normalized spacial score (nSPS) is 12.9. The molecule has 0 radical (unpaired) electrons. The number of aromatic amines is 1. The van der Waals surface area contributed by atoms with Gasteiger partial charge in [-0.3, -0.25) is 0 Å². The Morgan fingerprint density at radius 1 is 1.56 bits per heavy atom. The molecule has 2 heterocycles. The number of nitrogens with zero attached hydrogens (tertiary/aromatic N) is 3. The number of aromatic nitrogens is 4. The molecule has 0 aliphatic heterocycles. The van der Waals surface area contributed by atoms with E-state index in [4.69, 9.17) is 16.7 Å². The van der Waals surface area contributed by atoms with E-state index < -0.39 is 0 Å². The highest BCUT2D eigenvalue weighted by molar-refractivity contribution is 6.28. The van der Waals surface area contributed by atoms with Gasteiger partial charge in [0.15, 0.2) is 11.5 Å². The molecule has 0 saturated heterocycles. The molecule has 2 aromatic heterocycles. The number of hydrogen-bond donors (Lipinski definition) is 3. The lowest BCUT2D eigenvalue weighted by Gasteiger charge is -2.14. The monoisotopic (exact) mass is 241 g/mol. The number of halogens is 1. The molecule has 0 aliphatic carbocycles. The molecular formula is C9H12ClN5O. The van der Waals surface area contributed by atoms with E-state index in [1.807, 2.05) is 6.92 Å². The first-order chi connectivity index (χ1) is 7.74. The predicted octanol–water partition coefficient (Wildman–Crippen LogP) is 1.19. The van der Waals surface area contributed by atoms with Gasteiger partial charge in [0.1, 0.15) is 5.52 Å². The minimum absolute atomic E-state index is 0.0355. The van der Waals surface area contributed by atoms with Crippen molar-refractivity contribution >= 4 is 28.6 Å². The van der Waals surface area contributed by atoms with E-state index in [0.717, 1.165) is 6.42 Å². The summed E-state index contributed by atoms with van der Waals surface area (Å²) >= 11 is 5.77. The quantitative estimate of drug-likeness (QED) is 0.700. The van der Waals surface area contributed by atoms with Crippen molar-refractivity contribution in [1.82, 2.24) is 19.9 Å². The molecule has 3 N–H and O–H groups in total. The second-order valence-electron chi connectivity index (χ2n) is 3.37. The number of H-pyrrole nitrogens is 1. The lowest BCUT2D eigenvalue weighted by Crippen LogP contribution is -2.23. The molecule has 6 nitrogen and oxygen atoms in total. The highest BCUT2D eigenvalue weighted by Gasteiger charge is 2.12. The van der Waals surface area contributed by atoms with E-state index >= 15 is 0 Å². The van der Waals surface area contributed by atoms with Crippen LogP contribution >= 0.6 is 11.6 Å². The van der Waals surface area contributed by atoms with Gasteiger partial charge in [-0.05, 0) is 18.0 Å². The molecular weight excluding hydrogens is 230 g/mol. The molecule has 16 heavy (non-hydrogen) atoms. The van der Waals surface area contributed by atoms with E-state index in [-0.39, 0.29) is 17.9 Å². The zero-order valence-electron chi connectivity index (χ0n) is 8.74. The third kappa shape index (κ3) is 2.07. The van der Waals surface area contributed by atoms with E-state index in [0.29, 0.717) is 17.0 Å². The largest absolute Gasteiger partial charge is 0.394 e. The van der Waals surface area contributed by atoms with E-state index in [2.05, 4.69) is 25.3 Å². The molecule has 0 aliphatic rings. The maximum absolute atomic E-state index is 9.11. The fourth-order valence-electron chi connectivity index (χ4n) is 1.38. The molecule has 0 aromatic carbocycles. The number of anilines is 1. The lowest BCUT2D eigenvalue weighted by atomic mass is 10.2. The number of rotatable bonds is 4. The molecule has 1 atom stereocenters. The van der Waals surface area contributed by atoms with Crippen LogP contribution in [-0.4, -0.2) is 37.7 Å². The number of aliphatic hydroxyl groups is 1. The van der Waals surface area contributed by atoms with Crippen LogP contribution in [0.5, 0.6) is 0 Å². The minimum atomic E-state index is -0.0579. The van der Waals surface area contributed by atoms with Crippen LogP contribution in [0.4, 0.5) is 5.82 Å². The van der Waals surface area contributed by atoms with Gasteiger partial charge >= 0.3 is 0 Å². The second-order valence-corrected chi connectivity index (χ2v) is 3.71. The zero-order chi connectivity index (χ0) is 11.5. The molecule has 0 bridgehead atoms. The predicted molar refractivity (Wildman–Crippen MR) is 61.5 cm³/mol. The van der Waals surface area contributed by atoms with Crippen LogP contribution in [0.15, 0.2) is 6.33 Å². The summed E-state index contributed by atoms with van der Waals surface area (Å²) in [5.74, 6) is 0.563. The molecule has 2 rings (SSSR count). The Hall–Kier alpha value is -1.40. The number of fused-ring (bicyclic) bond motifs is 1. The van der Waals surface area contributed by atoms with Gasteiger partial charge in [-0.2, -0.15) is 9.97 Å². The van der Waals surface area contributed by atoms with Crippen LogP contribution in [0.2, 0.25) is 5.28 Å². The standard InChI is InChI=1S/C9H12ClN5O/c1-2-5(3-16)13-8-6-7(12-4-11-6)14-9(10)15-8/h4-5,16H,2-3H2,1H3,(H2,11,12,13,14,15). The third-order valence-corrected chi connectivity index (χ3v) is 2.48. The Kier molecular flexibility index (Phi) is 3.21. The Morgan fingerprint density at radius 3 is 3.06 bits per heavy atom. The highest BCUT2D eigenvalue weighted by Crippen LogP contribution is 2.19. The van der Waals surface area contributed by atoms with Crippen molar-refractivity contribution in [1.29, 1.82) is 0 Å². The SMILES string of the molecule is CCC(CO)Nc1nc(Cl)nc2nc[nH]c12. The third-order valence-electron chi connectivity index (χ3n) is 2.31. The summed E-state index contributed by atoms with van der Waals surface area (Å²) in [6, 6.07) is -0.0579. The first kappa shape index (κ1) is 11.1. The Labute approximate surface area is 97.1 Å². The molecule has 0 saturated carbocycles. The topological polar surface area (TPSA) is 86.7 Å². The molecule has 86 valence electrons. The number of hydrogen-bond acceptors (Lipinski definition) is 5. The second kappa shape index (κ2) is 4.63. The van der Waals surface area contributed by atoms with Crippen molar-refractivity contribution in [2.45, 2.75) is 19.4 Å². The molecule has 0 amide bonds. The van der Waals surface area contributed by atoms with Crippen LogP contribution in [0.3, 0.4) is 0 Å². The zero-order valence-corrected chi connectivity index (χ0v) is 9.49. The summed E-state index contributed by atoms with van der Waals surface area (Å²) < 4.78 is 0. The van der Waals surface area contributed by atoms with Gasteiger partial charge in [0, 0.05) is 0 Å². The smallest absolute Gasteiger partial charge is 0.226 e. The van der Waals surface area contributed by atoms with Crippen LogP contribution in [0, 0.1) is 0 Å². The summed E-state index contributed by atoms with van der Waals surface area (Å²) in [4.78, 5) is 15.0. The van der Waals surface area contributed by atoms with E-state index in [1.165, 1.54) is 6.33 Å². The number of aliphatic hydroxyl groups excluding tert-OH is 1. The van der Waals surface area contributed by atoms with Crippen molar-refractivity contribution < 1.29 is 5.11 Å². The number of imidazole rings is 1. The van der Waals surface area contributed by atoms with Crippen LogP contribution in [0.1, 0.15) is 13.3 Å². The van der Waals surface area contributed by atoms with Crippen molar-refractivity contribution in [2.75, 3.05) is 11.9 Å². The van der Waals surface area contributed by atoms with Crippen molar-refractivity contribution in [3.63, 3.8) is 0 Å². The lowest BCUT2D eigenvalue weighted by molar-refractivity contribution is 0.271. The highest BCUT2D eigenvalue weighted by atomic mass is 35.5. The van der Waals surface area contributed by atoms with Gasteiger partial charge < -0.3 is 15.4 Å². The average molecular weight is 242 g/mol. The van der Waals surface area contributed by atoms with E-state index in [9.17, 15) is 0 Å². The first-order valence-corrected chi connectivity index (χ1v) is 5.36. The maximum Gasteiger partial charge on any atom is 0.226 e. The maximum atomic E-state index is 9.11. The van der Waals surface area contributed by atoms with Crippen molar-refractivity contribution in [3.05, 3.63) is 11.6 Å². The van der Waals surface area contributed by atoms with Crippen LogP contribution in [-0.2, 0) is 0 Å². The van der Waals surface area contributed by atoms with Gasteiger partial charge in [0.25, 0.3) is 0 Å². The fourth-order valence-corrected chi connectivity index (χ4v) is 1.55. The van der Waals surface area contributed by atoms with Gasteiger partial charge in [-0.15, -0.1) is 0 Å². The molecule has 1 unspecified atom stereocenters.